The molecule has 0 unspecified atom stereocenters. The van der Waals surface area contributed by atoms with Crippen LogP contribution in [0.15, 0.2) is 42.5 Å². The Labute approximate surface area is 151 Å². The molecule has 0 heterocycles. The highest BCUT2D eigenvalue weighted by Crippen LogP contribution is 2.29. The van der Waals surface area contributed by atoms with Crippen molar-refractivity contribution >= 4 is 17.5 Å². The van der Waals surface area contributed by atoms with E-state index >= 15 is 0 Å². The molecule has 0 aliphatic heterocycles. The quantitative estimate of drug-likeness (QED) is 0.824. The van der Waals surface area contributed by atoms with Crippen molar-refractivity contribution in [2.24, 2.45) is 0 Å². The first-order valence-corrected chi connectivity index (χ1v) is 7.94. The fourth-order valence-corrected chi connectivity index (χ4v) is 2.38. The van der Waals surface area contributed by atoms with Crippen LogP contribution >= 0.6 is 0 Å². The zero-order chi connectivity index (χ0) is 19.1. The summed E-state index contributed by atoms with van der Waals surface area (Å²) >= 11 is 0. The Hall–Kier alpha value is -3.09. The highest BCUT2D eigenvalue weighted by atomic mass is 19.1. The van der Waals surface area contributed by atoms with Crippen molar-refractivity contribution in [2.45, 2.75) is 13.5 Å². The van der Waals surface area contributed by atoms with Crippen molar-refractivity contribution in [2.75, 3.05) is 26.1 Å². The van der Waals surface area contributed by atoms with Crippen molar-refractivity contribution in [3.8, 4) is 11.5 Å². The van der Waals surface area contributed by atoms with Crippen molar-refractivity contribution in [3.63, 3.8) is 0 Å². The van der Waals surface area contributed by atoms with Gasteiger partial charge in [0.1, 0.15) is 12.4 Å². The summed E-state index contributed by atoms with van der Waals surface area (Å²) in [7, 11) is 3.03. The van der Waals surface area contributed by atoms with E-state index in [2.05, 4.69) is 5.32 Å². The SMILES string of the molecule is COc1ccc(NC(=O)CN(Cc2ccc(F)cc2)C(C)=O)cc1OC. The molecular weight excluding hydrogens is 339 g/mol. The molecule has 2 amide bonds. The number of nitrogens with zero attached hydrogens (tertiary/aromatic N) is 1. The average molecular weight is 360 g/mol. The van der Waals surface area contributed by atoms with Crippen LogP contribution in [0.3, 0.4) is 0 Å². The van der Waals surface area contributed by atoms with E-state index in [1.54, 1.807) is 30.3 Å². The molecule has 2 aromatic carbocycles. The number of amides is 2. The van der Waals surface area contributed by atoms with Crippen LogP contribution in [0.5, 0.6) is 11.5 Å². The Bertz CT molecular complexity index is 778. The van der Waals surface area contributed by atoms with Gasteiger partial charge in [0.25, 0.3) is 0 Å². The lowest BCUT2D eigenvalue weighted by molar-refractivity contribution is -0.133. The molecule has 0 aliphatic rings. The van der Waals surface area contributed by atoms with E-state index in [1.807, 2.05) is 0 Å². The number of nitrogens with one attached hydrogen (secondary N) is 1. The molecule has 0 fully saturated rings. The maximum atomic E-state index is 13.0. The number of hydrogen-bond acceptors (Lipinski definition) is 4. The molecule has 0 aliphatic carbocycles. The van der Waals surface area contributed by atoms with Crippen molar-refractivity contribution < 1.29 is 23.5 Å². The van der Waals surface area contributed by atoms with E-state index in [0.29, 0.717) is 17.2 Å². The van der Waals surface area contributed by atoms with Gasteiger partial charge < -0.3 is 19.7 Å². The van der Waals surface area contributed by atoms with E-state index in [1.165, 1.54) is 38.2 Å². The Morgan fingerprint density at radius 3 is 2.27 bits per heavy atom. The number of carbonyl (C=O) groups excluding carboxylic acids is 2. The van der Waals surface area contributed by atoms with Gasteiger partial charge in [-0.05, 0) is 29.8 Å². The molecular formula is C19H21FN2O4. The molecule has 2 aromatic rings. The second kappa shape index (κ2) is 8.84. The number of ether oxygens (including phenoxy) is 2. The van der Waals surface area contributed by atoms with Crippen molar-refractivity contribution in [1.82, 2.24) is 4.90 Å². The monoisotopic (exact) mass is 360 g/mol. The van der Waals surface area contributed by atoms with Gasteiger partial charge in [0.15, 0.2) is 11.5 Å². The number of anilines is 1. The van der Waals surface area contributed by atoms with Gasteiger partial charge in [-0.3, -0.25) is 9.59 Å². The first-order valence-electron chi connectivity index (χ1n) is 7.94. The van der Waals surface area contributed by atoms with Crippen LogP contribution < -0.4 is 14.8 Å². The number of carbonyl (C=O) groups is 2. The number of rotatable bonds is 7. The van der Waals surface area contributed by atoms with Gasteiger partial charge in [-0.15, -0.1) is 0 Å². The predicted molar refractivity (Wildman–Crippen MR) is 95.7 cm³/mol. The largest absolute Gasteiger partial charge is 0.493 e. The molecule has 6 nitrogen and oxygen atoms in total. The zero-order valence-corrected chi connectivity index (χ0v) is 14.9. The van der Waals surface area contributed by atoms with Crippen molar-refractivity contribution in [3.05, 3.63) is 53.8 Å². The lowest BCUT2D eigenvalue weighted by Crippen LogP contribution is -2.36. The van der Waals surface area contributed by atoms with Gasteiger partial charge >= 0.3 is 0 Å². The maximum Gasteiger partial charge on any atom is 0.244 e. The fourth-order valence-electron chi connectivity index (χ4n) is 2.38. The molecule has 0 spiro atoms. The lowest BCUT2D eigenvalue weighted by atomic mass is 10.2. The minimum atomic E-state index is -0.352. The van der Waals surface area contributed by atoms with E-state index in [4.69, 9.17) is 9.47 Å². The topological polar surface area (TPSA) is 67.9 Å². The van der Waals surface area contributed by atoms with Gasteiger partial charge in [0.2, 0.25) is 11.8 Å². The highest BCUT2D eigenvalue weighted by Gasteiger charge is 2.15. The van der Waals surface area contributed by atoms with Crippen LogP contribution in [0, 0.1) is 5.82 Å². The van der Waals surface area contributed by atoms with Crippen LogP contribution in [-0.2, 0) is 16.1 Å². The third-order valence-corrected chi connectivity index (χ3v) is 3.73. The summed E-state index contributed by atoms with van der Waals surface area (Å²) in [6.07, 6.45) is 0. The van der Waals surface area contributed by atoms with Gasteiger partial charge in [-0.25, -0.2) is 4.39 Å². The molecule has 0 atom stereocenters. The van der Waals surface area contributed by atoms with Crippen molar-refractivity contribution in [1.29, 1.82) is 0 Å². The van der Waals surface area contributed by atoms with Gasteiger partial charge in [0.05, 0.1) is 14.2 Å². The average Bonchev–Trinajstić information content (AvgIpc) is 2.62. The lowest BCUT2D eigenvalue weighted by Gasteiger charge is -2.21. The molecule has 1 N–H and O–H groups in total. The zero-order valence-electron chi connectivity index (χ0n) is 14.9. The summed E-state index contributed by atoms with van der Waals surface area (Å²) in [6, 6.07) is 10.8. The van der Waals surface area contributed by atoms with Gasteiger partial charge in [0, 0.05) is 25.2 Å². The Kier molecular flexibility index (Phi) is 6.54. The van der Waals surface area contributed by atoms with Crippen LogP contribution in [-0.4, -0.2) is 37.5 Å². The van der Waals surface area contributed by atoms with Gasteiger partial charge in [-0.1, -0.05) is 12.1 Å². The molecule has 26 heavy (non-hydrogen) atoms. The number of benzene rings is 2. The Morgan fingerprint density at radius 2 is 1.69 bits per heavy atom. The number of methoxy groups -OCH3 is 2. The Morgan fingerprint density at radius 1 is 1.04 bits per heavy atom. The standard InChI is InChI=1S/C19H21FN2O4/c1-13(23)22(11-14-4-6-15(20)7-5-14)12-19(24)21-16-8-9-17(25-2)18(10-16)26-3/h4-10H,11-12H2,1-3H3,(H,21,24). The summed E-state index contributed by atoms with van der Waals surface area (Å²) in [5.41, 5.74) is 1.26. The van der Waals surface area contributed by atoms with Crippen LogP contribution in [0.4, 0.5) is 10.1 Å². The van der Waals surface area contributed by atoms with Gasteiger partial charge in [-0.2, -0.15) is 0 Å². The summed E-state index contributed by atoms with van der Waals surface area (Å²) in [4.78, 5) is 25.5. The van der Waals surface area contributed by atoms with Crippen LogP contribution in [0.25, 0.3) is 0 Å². The first-order chi connectivity index (χ1) is 12.4. The third kappa shape index (κ3) is 5.20. The highest BCUT2D eigenvalue weighted by molar-refractivity contribution is 5.94. The fraction of sp³-hybridized carbons (Fsp3) is 0.263. The minimum Gasteiger partial charge on any atom is -0.493 e. The van der Waals surface area contributed by atoms with E-state index in [9.17, 15) is 14.0 Å². The van der Waals surface area contributed by atoms with E-state index in [-0.39, 0.29) is 30.7 Å². The molecule has 138 valence electrons. The normalized spacial score (nSPS) is 10.2. The molecule has 0 saturated heterocycles. The molecule has 0 radical (unpaired) electrons. The summed E-state index contributed by atoms with van der Waals surface area (Å²) < 4.78 is 23.3. The Balaban J connectivity index is 2.03. The molecule has 2 rings (SSSR count). The number of hydrogen-bond donors (Lipinski definition) is 1. The summed E-state index contributed by atoms with van der Waals surface area (Å²) in [5.74, 6) is 0.0767. The molecule has 0 aromatic heterocycles. The molecule has 0 saturated carbocycles. The van der Waals surface area contributed by atoms with Crippen LogP contribution in [0.1, 0.15) is 12.5 Å². The minimum absolute atomic E-state index is 0.124. The second-order valence-electron chi connectivity index (χ2n) is 5.62. The summed E-state index contributed by atoms with van der Waals surface area (Å²) in [5, 5.41) is 2.72. The van der Waals surface area contributed by atoms with Crippen LogP contribution in [0.2, 0.25) is 0 Å². The maximum absolute atomic E-state index is 13.0. The molecule has 0 bridgehead atoms. The predicted octanol–water partition coefficient (Wildman–Crippen LogP) is 2.83. The number of halogens is 1. The molecule has 7 heteroatoms. The third-order valence-electron chi connectivity index (χ3n) is 3.73. The first kappa shape index (κ1) is 19.2. The van der Waals surface area contributed by atoms with E-state index < -0.39 is 0 Å². The summed E-state index contributed by atoms with van der Waals surface area (Å²) in [6.45, 7) is 1.48. The smallest absolute Gasteiger partial charge is 0.244 e. The second-order valence-corrected chi connectivity index (χ2v) is 5.62. The van der Waals surface area contributed by atoms with E-state index in [0.717, 1.165) is 5.56 Å².